The first-order chi connectivity index (χ1) is 16.2. The molecule has 2 aliphatic rings. The normalized spacial score (nSPS) is 25.0. The third kappa shape index (κ3) is 5.61. The number of nitrogens with zero attached hydrogens (tertiary/aromatic N) is 1. The van der Waals surface area contributed by atoms with E-state index >= 15 is 0 Å². The van der Waals surface area contributed by atoms with Crippen LogP contribution in [0.15, 0.2) is 53.0 Å². The Morgan fingerprint density at radius 1 is 1.06 bits per heavy atom. The summed E-state index contributed by atoms with van der Waals surface area (Å²) in [7, 11) is 0. The Kier molecular flexibility index (Phi) is 7.92. The van der Waals surface area contributed by atoms with E-state index in [2.05, 4.69) is 26.1 Å². The van der Waals surface area contributed by atoms with Gasteiger partial charge in [0.15, 0.2) is 6.04 Å². The van der Waals surface area contributed by atoms with Crippen molar-refractivity contribution >= 4 is 33.4 Å². The Labute approximate surface area is 210 Å². The fraction of sp³-hybridized carbons (Fsp3) is 0.480. The number of alkyl halides is 3. The van der Waals surface area contributed by atoms with Crippen LogP contribution in [0.3, 0.4) is 0 Å². The van der Waals surface area contributed by atoms with Crippen molar-refractivity contribution in [2.24, 2.45) is 0 Å². The number of ether oxygens (including phenoxy) is 1. The molecule has 1 saturated carbocycles. The number of hydrogen-bond acceptors (Lipinski definition) is 3. The lowest BCUT2D eigenvalue weighted by Crippen LogP contribution is -2.53. The molecule has 2 fully saturated rings. The Balaban J connectivity index is 1.61. The van der Waals surface area contributed by atoms with Crippen LogP contribution in [0.25, 0.3) is 0 Å². The van der Waals surface area contributed by atoms with Crippen molar-refractivity contribution in [1.82, 2.24) is 10.2 Å². The number of rotatable bonds is 5. The molecule has 2 aromatic carbocycles. The highest BCUT2D eigenvalue weighted by Crippen LogP contribution is 2.43. The zero-order chi connectivity index (χ0) is 24.3. The summed E-state index contributed by atoms with van der Waals surface area (Å²) in [6, 6.07) is 11.0. The Bertz CT molecular complexity index is 971. The maximum absolute atomic E-state index is 14.0. The number of halogens is 5. The van der Waals surface area contributed by atoms with Crippen LogP contribution >= 0.6 is 27.5 Å². The average Bonchev–Trinajstić information content (AvgIpc) is 2.83. The van der Waals surface area contributed by atoms with Gasteiger partial charge in [-0.3, -0.25) is 9.69 Å². The summed E-state index contributed by atoms with van der Waals surface area (Å²) in [5, 5.41) is 2.70. The summed E-state index contributed by atoms with van der Waals surface area (Å²) in [5.74, 6) is -0.590. The first-order valence-corrected chi connectivity index (χ1v) is 12.6. The molecule has 2 aromatic rings. The molecule has 1 aliphatic carbocycles. The molecule has 1 heterocycles. The predicted octanol–water partition coefficient (Wildman–Crippen LogP) is 6.03. The number of morpholine rings is 1. The summed E-state index contributed by atoms with van der Waals surface area (Å²) >= 11 is 9.28. The Hall–Kier alpha value is -1.61. The van der Waals surface area contributed by atoms with Gasteiger partial charge in [0.05, 0.1) is 18.6 Å². The highest BCUT2D eigenvalue weighted by molar-refractivity contribution is 9.10. The van der Waals surface area contributed by atoms with Crippen molar-refractivity contribution in [2.45, 2.75) is 49.4 Å². The molecule has 9 heteroatoms. The molecule has 184 valence electrons. The van der Waals surface area contributed by atoms with E-state index in [9.17, 15) is 18.0 Å². The molecular weight excluding hydrogens is 533 g/mol. The van der Waals surface area contributed by atoms with Crippen molar-refractivity contribution in [3.05, 3.63) is 69.2 Å². The fourth-order valence-corrected chi connectivity index (χ4v) is 5.49. The molecule has 1 saturated heterocycles. The second-order valence-corrected chi connectivity index (χ2v) is 10.3. The summed E-state index contributed by atoms with van der Waals surface area (Å²) in [6.07, 6.45) is -2.21. The molecule has 1 atom stereocenters. The van der Waals surface area contributed by atoms with Crippen molar-refractivity contribution in [1.29, 1.82) is 0 Å². The van der Waals surface area contributed by atoms with E-state index in [1.165, 1.54) is 24.3 Å². The molecule has 1 aliphatic heterocycles. The molecular formula is C25H27BrClF3N2O2. The van der Waals surface area contributed by atoms with Gasteiger partial charge in [0, 0.05) is 28.6 Å². The van der Waals surface area contributed by atoms with Gasteiger partial charge in [-0.2, -0.15) is 13.2 Å². The Morgan fingerprint density at radius 3 is 2.21 bits per heavy atom. The highest BCUT2D eigenvalue weighted by Gasteiger charge is 2.48. The van der Waals surface area contributed by atoms with Gasteiger partial charge in [-0.25, -0.2) is 0 Å². The third-order valence-corrected chi connectivity index (χ3v) is 7.79. The van der Waals surface area contributed by atoms with Gasteiger partial charge in [0.25, 0.3) is 0 Å². The van der Waals surface area contributed by atoms with Crippen LogP contribution in [0.2, 0.25) is 5.02 Å². The molecule has 0 aromatic heterocycles. The minimum absolute atomic E-state index is 0.0433. The summed E-state index contributed by atoms with van der Waals surface area (Å²) < 4.78 is 48.4. The lowest BCUT2D eigenvalue weighted by atomic mass is 9.67. The van der Waals surface area contributed by atoms with Crippen LogP contribution in [-0.2, 0) is 14.9 Å². The van der Waals surface area contributed by atoms with Crippen molar-refractivity contribution in [3.8, 4) is 0 Å². The molecule has 0 radical (unpaired) electrons. The van der Waals surface area contributed by atoms with E-state index in [1.807, 2.05) is 24.3 Å². The molecule has 1 unspecified atom stereocenters. The zero-order valence-corrected chi connectivity index (χ0v) is 20.9. The van der Waals surface area contributed by atoms with E-state index in [1.54, 1.807) is 0 Å². The van der Waals surface area contributed by atoms with Crippen molar-refractivity contribution in [3.63, 3.8) is 0 Å². The standard InChI is InChI=1S/C25H27BrClF3N2O2/c26-19-5-3-18(4-6-19)24(11-9-21(10-12-24)32-13-15-34-16-14-32)23(33)31-22(25(28,29)30)17-1-7-20(27)8-2-17/h1-8,21-22H,9-16H2,(H,31,33). The summed E-state index contributed by atoms with van der Waals surface area (Å²) in [4.78, 5) is 16.1. The van der Waals surface area contributed by atoms with Gasteiger partial charge in [-0.05, 0) is 61.1 Å². The fourth-order valence-electron chi connectivity index (χ4n) is 5.10. The topological polar surface area (TPSA) is 41.6 Å². The largest absolute Gasteiger partial charge is 0.412 e. The summed E-state index contributed by atoms with van der Waals surface area (Å²) in [5.41, 5.74) is -0.330. The van der Waals surface area contributed by atoms with Gasteiger partial charge < -0.3 is 10.1 Å². The number of nitrogens with one attached hydrogen (secondary N) is 1. The van der Waals surface area contributed by atoms with Crippen molar-refractivity contribution in [2.75, 3.05) is 26.3 Å². The van der Waals surface area contributed by atoms with Crippen LogP contribution in [0.4, 0.5) is 13.2 Å². The van der Waals surface area contributed by atoms with Crippen molar-refractivity contribution < 1.29 is 22.7 Å². The van der Waals surface area contributed by atoms with Crippen LogP contribution in [0, 0.1) is 0 Å². The summed E-state index contributed by atoms with van der Waals surface area (Å²) in [6.45, 7) is 3.05. The minimum atomic E-state index is -4.64. The van der Waals surface area contributed by atoms with Gasteiger partial charge in [-0.15, -0.1) is 0 Å². The highest BCUT2D eigenvalue weighted by atomic mass is 79.9. The van der Waals surface area contributed by atoms with Crippen LogP contribution in [0.5, 0.6) is 0 Å². The van der Waals surface area contributed by atoms with E-state index < -0.39 is 23.5 Å². The number of benzene rings is 2. The van der Waals surface area contributed by atoms with Gasteiger partial charge in [0.2, 0.25) is 5.91 Å². The van der Waals surface area contributed by atoms with Gasteiger partial charge >= 0.3 is 6.18 Å². The molecule has 0 bridgehead atoms. The monoisotopic (exact) mass is 558 g/mol. The quantitative estimate of drug-likeness (QED) is 0.486. The number of hydrogen-bond donors (Lipinski definition) is 1. The predicted molar refractivity (Wildman–Crippen MR) is 129 cm³/mol. The molecule has 1 N–H and O–H groups in total. The second kappa shape index (κ2) is 10.6. The maximum atomic E-state index is 14.0. The molecule has 0 spiro atoms. The smallest absolute Gasteiger partial charge is 0.379 e. The van der Waals surface area contributed by atoms with Crippen LogP contribution < -0.4 is 5.32 Å². The van der Waals surface area contributed by atoms with E-state index in [0.29, 0.717) is 37.1 Å². The minimum Gasteiger partial charge on any atom is -0.379 e. The number of carbonyl (C=O) groups excluding carboxylic acids is 1. The molecule has 4 nitrogen and oxygen atoms in total. The zero-order valence-electron chi connectivity index (χ0n) is 18.6. The van der Waals surface area contributed by atoms with Crippen LogP contribution in [0.1, 0.15) is 42.9 Å². The Morgan fingerprint density at radius 2 is 1.65 bits per heavy atom. The average molecular weight is 560 g/mol. The van der Waals surface area contributed by atoms with Crippen LogP contribution in [-0.4, -0.2) is 49.3 Å². The van der Waals surface area contributed by atoms with Gasteiger partial charge in [-0.1, -0.05) is 51.8 Å². The first-order valence-electron chi connectivity index (χ1n) is 11.4. The van der Waals surface area contributed by atoms with E-state index in [0.717, 1.165) is 36.0 Å². The number of amides is 1. The maximum Gasteiger partial charge on any atom is 0.412 e. The molecule has 1 amide bonds. The third-order valence-electron chi connectivity index (χ3n) is 7.01. The lowest BCUT2D eigenvalue weighted by Gasteiger charge is -2.44. The van der Waals surface area contributed by atoms with E-state index in [-0.39, 0.29) is 5.56 Å². The van der Waals surface area contributed by atoms with Gasteiger partial charge in [0.1, 0.15) is 0 Å². The second-order valence-electron chi connectivity index (χ2n) is 8.97. The first kappa shape index (κ1) is 25.5. The molecule has 4 rings (SSSR count). The number of carbonyl (C=O) groups is 1. The van der Waals surface area contributed by atoms with E-state index in [4.69, 9.17) is 16.3 Å². The lowest BCUT2D eigenvalue weighted by molar-refractivity contribution is -0.165. The molecule has 34 heavy (non-hydrogen) atoms. The SMILES string of the molecule is O=C(NC(c1ccc(Cl)cc1)C(F)(F)F)C1(c2ccc(Br)cc2)CCC(N2CCOCC2)CC1.